The van der Waals surface area contributed by atoms with Gasteiger partial charge in [-0.1, -0.05) is 35.3 Å². The van der Waals surface area contributed by atoms with Crippen molar-refractivity contribution in [1.29, 1.82) is 0 Å². The summed E-state index contributed by atoms with van der Waals surface area (Å²) in [7, 11) is 0. The van der Waals surface area contributed by atoms with E-state index in [4.69, 9.17) is 23.2 Å². The molecule has 0 amide bonds. The number of aryl methyl sites for hydroxylation is 1. The first-order valence-electron chi connectivity index (χ1n) is 5.76. The average Bonchev–Trinajstić information content (AvgIpc) is 2.83. The summed E-state index contributed by atoms with van der Waals surface area (Å²) in [5, 5.41) is 15.4. The molecule has 96 valence electrons. The van der Waals surface area contributed by atoms with Crippen LogP contribution < -0.4 is 0 Å². The molecule has 1 aromatic carbocycles. The molecule has 18 heavy (non-hydrogen) atoms. The van der Waals surface area contributed by atoms with Crippen LogP contribution in [0.15, 0.2) is 30.5 Å². The predicted octanol–water partition coefficient (Wildman–Crippen LogP) is 3.49. The molecule has 0 aliphatic carbocycles. The summed E-state index contributed by atoms with van der Waals surface area (Å²) >= 11 is 12.1. The molecule has 0 aliphatic rings. The minimum absolute atomic E-state index is 0.422. The fourth-order valence-corrected chi connectivity index (χ4v) is 2.31. The topological polar surface area (TPSA) is 38.0 Å². The Morgan fingerprint density at radius 2 is 2.11 bits per heavy atom. The van der Waals surface area contributed by atoms with E-state index in [9.17, 15) is 5.11 Å². The molecule has 2 rings (SSSR count). The van der Waals surface area contributed by atoms with E-state index in [2.05, 4.69) is 5.10 Å². The van der Waals surface area contributed by atoms with Crippen LogP contribution in [0.2, 0.25) is 10.0 Å². The van der Waals surface area contributed by atoms with Crippen molar-refractivity contribution in [3.63, 3.8) is 0 Å². The van der Waals surface area contributed by atoms with E-state index in [-0.39, 0.29) is 0 Å². The van der Waals surface area contributed by atoms with E-state index >= 15 is 0 Å². The van der Waals surface area contributed by atoms with Crippen molar-refractivity contribution >= 4 is 23.2 Å². The van der Waals surface area contributed by atoms with Crippen molar-refractivity contribution in [2.45, 2.75) is 26.0 Å². The zero-order chi connectivity index (χ0) is 13.1. The Hall–Kier alpha value is -1.03. The van der Waals surface area contributed by atoms with Crippen LogP contribution >= 0.6 is 23.2 Å². The Morgan fingerprint density at radius 3 is 2.83 bits per heavy atom. The second kappa shape index (κ2) is 5.74. The third kappa shape index (κ3) is 2.69. The summed E-state index contributed by atoms with van der Waals surface area (Å²) in [6, 6.07) is 7.24. The molecule has 0 aliphatic heterocycles. The lowest BCUT2D eigenvalue weighted by Gasteiger charge is -2.13. The van der Waals surface area contributed by atoms with Gasteiger partial charge in [0, 0.05) is 19.2 Å². The van der Waals surface area contributed by atoms with Crippen LogP contribution in [-0.4, -0.2) is 14.9 Å². The number of benzene rings is 1. The number of aliphatic hydroxyl groups is 1. The average molecular weight is 285 g/mol. The summed E-state index contributed by atoms with van der Waals surface area (Å²) in [6.07, 6.45) is 1.47. The number of hydrogen-bond donors (Lipinski definition) is 1. The molecule has 1 aromatic heterocycles. The first-order chi connectivity index (χ1) is 8.63. The molecule has 1 heterocycles. The van der Waals surface area contributed by atoms with E-state index in [0.717, 1.165) is 17.8 Å². The lowest BCUT2D eigenvalue weighted by Crippen LogP contribution is -2.10. The normalized spacial score (nSPS) is 12.7. The largest absolute Gasteiger partial charge is 0.386 e. The Morgan fingerprint density at radius 1 is 1.33 bits per heavy atom. The van der Waals surface area contributed by atoms with Crippen molar-refractivity contribution in [3.05, 3.63) is 51.8 Å². The highest BCUT2D eigenvalue weighted by molar-refractivity contribution is 6.42. The smallest absolute Gasteiger partial charge is 0.0997 e. The van der Waals surface area contributed by atoms with Crippen LogP contribution in [0.1, 0.15) is 24.3 Å². The van der Waals surface area contributed by atoms with Gasteiger partial charge >= 0.3 is 0 Å². The highest BCUT2D eigenvalue weighted by atomic mass is 35.5. The first-order valence-corrected chi connectivity index (χ1v) is 6.51. The van der Waals surface area contributed by atoms with Gasteiger partial charge in [-0.25, -0.2) is 0 Å². The van der Waals surface area contributed by atoms with Crippen LogP contribution in [0.4, 0.5) is 0 Å². The molecule has 0 radical (unpaired) electrons. The van der Waals surface area contributed by atoms with E-state index in [1.54, 1.807) is 16.9 Å². The van der Waals surface area contributed by atoms with Crippen molar-refractivity contribution < 1.29 is 5.11 Å². The maximum atomic E-state index is 10.2. The van der Waals surface area contributed by atoms with Gasteiger partial charge in [0.15, 0.2) is 0 Å². The van der Waals surface area contributed by atoms with Gasteiger partial charge in [0.1, 0.15) is 0 Å². The second-order valence-electron chi connectivity index (χ2n) is 4.00. The summed E-state index contributed by atoms with van der Waals surface area (Å²) in [5.41, 5.74) is 1.62. The number of rotatable bonds is 4. The molecule has 1 atom stereocenters. The molecule has 0 saturated heterocycles. The van der Waals surface area contributed by atoms with Crippen LogP contribution in [-0.2, 0) is 13.0 Å². The maximum absolute atomic E-state index is 10.2. The van der Waals surface area contributed by atoms with E-state index < -0.39 is 6.10 Å². The molecule has 0 spiro atoms. The van der Waals surface area contributed by atoms with Gasteiger partial charge < -0.3 is 5.11 Å². The van der Waals surface area contributed by atoms with Gasteiger partial charge in [-0.2, -0.15) is 5.10 Å². The molecular formula is C13H14Cl2N2O. The molecule has 0 saturated carbocycles. The van der Waals surface area contributed by atoms with Gasteiger partial charge in [0.05, 0.1) is 21.8 Å². The highest BCUT2D eigenvalue weighted by Crippen LogP contribution is 2.29. The molecule has 1 N–H and O–H groups in total. The number of aliphatic hydroxyl groups excluding tert-OH is 1. The summed E-state index contributed by atoms with van der Waals surface area (Å²) in [6.45, 7) is 2.71. The van der Waals surface area contributed by atoms with Crippen molar-refractivity contribution in [2.24, 2.45) is 0 Å². The molecule has 3 nitrogen and oxygen atoms in total. The third-order valence-corrected chi connectivity index (χ3v) is 3.69. The monoisotopic (exact) mass is 284 g/mol. The van der Waals surface area contributed by atoms with Crippen molar-refractivity contribution in [3.8, 4) is 0 Å². The van der Waals surface area contributed by atoms with Gasteiger partial charge in [-0.15, -0.1) is 0 Å². The lowest BCUT2D eigenvalue weighted by molar-refractivity contribution is 0.167. The fourth-order valence-electron chi connectivity index (χ4n) is 1.91. The second-order valence-corrected chi connectivity index (χ2v) is 4.79. The number of aromatic nitrogens is 2. The van der Waals surface area contributed by atoms with E-state index in [1.807, 2.05) is 25.1 Å². The highest BCUT2D eigenvalue weighted by Gasteiger charge is 2.15. The van der Waals surface area contributed by atoms with Gasteiger partial charge in [0.25, 0.3) is 0 Å². The molecule has 1 unspecified atom stereocenters. The summed E-state index contributed by atoms with van der Waals surface area (Å²) in [4.78, 5) is 0. The Bertz CT molecular complexity index is 540. The van der Waals surface area contributed by atoms with Crippen molar-refractivity contribution in [1.82, 2.24) is 9.78 Å². The fraction of sp³-hybridized carbons (Fsp3) is 0.308. The third-order valence-electron chi connectivity index (χ3n) is 2.84. The number of nitrogens with zero attached hydrogens (tertiary/aromatic N) is 2. The van der Waals surface area contributed by atoms with Crippen LogP contribution in [0.25, 0.3) is 0 Å². The Balaban J connectivity index is 2.21. The quantitative estimate of drug-likeness (QED) is 0.933. The molecule has 0 fully saturated rings. The SMILES string of the molecule is CCn1nccc1C(O)Cc1cccc(Cl)c1Cl. The van der Waals surface area contributed by atoms with Crippen molar-refractivity contribution in [2.75, 3.05) is 0 Å². The van der Waals surface area contributed by atoms with E-state index in [1.165, 1.54) is 0 Å². The van der Waals surface area contributed by atoms with Crippen LogP contribution in [0, 0.1) is 0 Å². The van der Waals surface area contributed by atoms with Crippen LogP contribution in [0.3, 0.4) is 0 Å². The number of halogens is 2. The minimum atomic E-state index is -0.636. The Labute approximate surface area is 116 Å². The summed E-state index contributed by atoms with van der Waals surface area (Å²) in [5.74, 6) is 0. The Kier molecular flexibility index (Phi) is 4.27. The summed E-state index contributed by atoms with van der Waals surface area (Å²) < 4.78 is 1.77. The molecule has 2 aromatic rings. The maximum Gasteiger partial charge on any atom is 0.0997 e. The van der Waals surface area contributed by atoms with Crippen LogP contribution in [0.5, 0.6) is 0 Å². The zero-order valence-corrected chi connectivity index (χ0v) is 11.5. The lowest BCUT2D eigenvalue weighted by atomic mass is 10.1. The number of hydrogen-bond acceptors (Lipinski definition) is 2. The molecule has 0 bridgehead atoms. The van der Waals surface area contributed by atoms with Gasteiger partial charge in [-0.05, 0) is 24.6 Å². The van der Waals surface area contributed by atoms with E-state index in [0.29, 0.717) is 16.5 Å². The van der Waals surface area contributed by atoms with Gasteiger partial charge in [-0.3, -0.25) is 4.68 Å². The minimum Gasteiger partial charge on any atom is -0.386 e. The first kappa shape index (κ1) is 13.4. The van der Waals surface area contributed by atoms with Gasteiger partial charge in [0.2, 0.25) is 0 Å². The standard InChI is InChI=1S/C13H14Cl2N2O/c1-2-17-11(6-7-16-17)12(18)8-9-4-3-5-10(14)13(9)15/h3-7,12,18H,2,8H2,1H3. The molecular weight excluding hydrogens is 271 g/mol. The molecule has 5 heteroatoms. The predicted molar refractivity (Wildman–Crippen MR) is 73.0 cm³/mol. The zero-order valence-electron chi connectivity index (χ0n) is 9.98.